The molecule has 0 unspecified atom stereocenters. The van der Waals surface area contributed by atoms with Crippen LogP contribution < -0.4 is 10.6 Å². The van der Waals surface area contributed by atoms with Crippen LogP contribution >= 0.6 is 23.2 Å². The van der Waals surface area contributed by atoms with Gasteiger partial charge in [0.2, 0.25) is 5.91 Å². The summed E-state index contributed by atoms with van der Waals surface area (Å²) in [5.41, 5.74) is 1.64. The van der Waals surface area contributed by atoms with Crippen molar-refractivity contribution in [3.05, 3.63) is 64.1 Å². The number of anilines is 1. The Bertz CT molecular complexity index is 661. The molecule has 0 aliphatic heterocycles. The van der Waals surface area contributed by atoms with Gasteiger partial charge >= 0.3 is 0 Å². The Hall–Kier alpha value is -1.55. The van der Waals surface area contributed by atoms with Crippen LogP contribution in [0.25, 0.3) is 0 Å². The number of amides is 1. The third kappa shape index (κ3) is 4.47. The lowest BCUT2D eigenvalue weighted by Gasteiger charge is -2.21. The van der Waals surface area contributed by atoms with Crippen LogP contribution in [0, 0.1) is 0 Å². The van der Waals surface area contributed by atoms with Gasteiger partial charge in [-0.15, -0.1) is 0 Å². The molecule has 22 heavy (non-hydrogen) atoms. The van der Waals surface area contributed by atoms with Crippen molar-refractivity contribution in [3.8, 4) is 0 Å². The van der Waals surface area contributed by atoms with Gasteiger partial charge in [-0.3, -0.25) is 10.1 Å². The average Bonchev–Trinajstić information content (AvgIpc) is 2.47. The first-order chi connectivity index (χ1) is 10.5. The minimum absolute atomic E-state index is 0.0335. The normalized spacial score (nSPS) is 13.5. The molecule has 0 spiro atoms. The molecule has 116 valence electrons. The molecule has 5 heteroatoms. The van der Waals surface area contributed by atoms with Crippen LogP contribution in [0.3, 0.4) is 0 Å². The quantitative estimate of drug-likeness (QED) is 0.832. The summed E-state index contributed by atoms with van der Waals surface area (Å²) in [5, 5.41) is 7.35. The highest BCUT2D eigenvalue weighted by atomic mass is 35.5. The summed E-state index contributed by atoms with van der Waals surface area (Å²) >= 11 is 12.1. The number of nitrogens with one attached hydrogen (secondary N) is 2. The van der Waals surface area contributed by atoms with Crippen LogP contribution in [0.5, 0.6) is 0 Å². The highest BCUT2D eigenvalue weighted by Crippen LogP contribution is 2.22. The Labute approximate surface area is 140 Å². The van der Waals surface area contributed by atoms with Crippen molar-refractivity contribution in [1.29, 1.82) is 0 Å². The Morgan fingerprint density at radius 1 is 1.05 bits per heavy atom. The van der Waals surface area contributed by atoms with E-state index in [0.29, 0.717) is 15.7 Å². The summed E-state index contributed by atoms with van der Waals surface area (Å²) in [6.07, 6.45) is 0. The minimum Gasteiger partial charge on any atom is -0.325 e. The van der Waals surface area contributed by atoms with Crippen molar-refractivity contribution in [2.24, 2.45) is 0 Å². The number of rotatable bonds is 5. The lowest BCUT2D eigenvalue weighted by Crippen LogP contribution is -2.39. The lowest BCUT2D eigenvalue weighted by atomic mass is 10.1. The number of hydrogen-bond donors (Lipinski definition) is 2. The number of benzene rings is 2. The Balaban J connectivity index is 1.98. The predicted molar refractivity (Wildman–Crippen MR) is 92.5 cm³/mol. The van der Waals surface area contributed by atoms with E-state index in [9.17, 15) is 4.79 Å². The average molecular weight is 337 g/mol. The van der Waals surface area contributed by atoms with Gasteiger partial charge in [0, 0.05) is 21.8 Å². The third-order valence-electron chi connectivity index (χ3n) is 3.36. The molecule has 0 radical (unpaired) electrons. The van der Waals surface area contributed by atoms with Gasteiger partial charge in [0.25, 0.3) is 0 Å². The first kappa shape index (κ1) is 16.8. The molecule has 2 aromatic carbocycles. The van der Waals surface area contributed by atoms with E-state index < -0.39 is 0 Å². The molecule has 0 heterocycles. The van der Waals surface area contributed by atoms with Crippen LogP contribution in [-0.2, 0) is 4.79 Å². The summed E-state index contributed by atoms with van der Waals surface area (Å²) in [4.78, 5) is 12.2. The number of hydrogen-bond acceptors (Lipinski definition) is 2. The van der Waals surface area contributed by atoms with Crippen LogP contribution in [0.4, 0.5) is 5.69 Å². The second-order valence-electron chi connectivity index (χ2n) is 5.13. The molecule has 2 aromatic rings. The number of carbonyl (C=O) groups excluding carboxylic acids is 1. The maximum atomic E-state index is 12.2. The fourth-order valence-corrected chi connectivity index (χ4v) is 2.67. The number of halogens is 2. The summed E-state index contributed by atoms with van der Waals surface area (Å²) in [5.74, 6) is -0.124. The molecular weight excluding hydrogens is 319 g/mol. The second kappa shape index (κ2) is 7.63. The first-order valence-corrected chi connectivity index (χ1v) is 7.80. The zero-order valence-electron chi connectivity index (χ0n) is 12.4. The Kier molecular flexibility index (Phi) is 5.83. The van der Waals surface area contributed by atoms with Crippen molar-refractivity contribution < 1.29 is 4.79 Å². The van der Waals surface area contributed by atoms with Gasteiger partial charge in [-0.25, -0.2) is 0 Å². The first-order valence-electron chi connectivity index (χ1n) is 7.04. The maximum absolute atomic E-state index is 12.2. The highest BCUT2D eigenvalue weighted by molar-refractivity contribution is 6.31. The van der Waals surface area contributed by atoms with E-state index in [2.05, 4.69) is 10.6 Å². The summed E-state index contributed by atoms with van der Waals surface area (Å²) in [7, 11) is 0. The van der Waals surface area contributed by atoms with Crippen molar-refractivity contribution in [3.63, 3.8) is 0 Å². The standard InChI is InChI=1S/C17H18Cl2N2O/c1-11(15-8-3-4-9-16(15)19)20-12(2)17(22)21-14-7-5-6-13(18)10-14/h3-12,20H,1-2H3,(H,21,22)/t11-,12+/m1/s1. The van der Waals surface area contributed by atoms with Gasteiger partial charge in [0.15, 0.2) is 0 Å². The van der Waals surface area contributed by atoms with Gasteiger partial charge in [-0.05, 0) is 43.7 Å². The largest absolute Gasteiger partial charge is 0.325 e. The van der Waals surface area contributed by atoms with E-state index in [1.54, 1.807) is 24.3 Å². The number of carbonyl (C=O) groups is 1. The van der Waals surface area contributed by atoms with Gasteiger partial charge in [0.05, 0.1) is 6.04 Å². The molecule has 1 amide bonds. The summed E-state index contributed by atoms with van der Waals surface area (Å²) < 4.78 is 0. The van der Waals surface area contributed by atoms with Crippen LogP contribution in [0.2, 0.25) is 10.0 Å². The molecule has 2 atom stereocenters. The fourth-order valence-electron chi connectivity index (χ4n) is 2.18. The van der Waals surface area contributed by atoms with E-state index in [1.807, 2.05) is 38.1 Å². The molecule has 2 N–H and O–H groups in total. The topological polar surface area (TPSA) is 41.1 Å². The van der Waals surface area contributed by atoms with Crippen LogP contribution in [-0.4, -0.2) is 11.9 Å². The molecular formula is C17H18Cl2N2O. The SMILES string of the molecule is C[C@H](N[C@H](C)c1ccccc1Cl)C(=O)Nc1cccc(Cl)c1. The molecule has 0 bridgehead atoms. The van der Waals surface area contributed by atoms with Crippen molar-refractivity contribution >= 4 is 34.8 Å². The van der Waals surface area contributed by atoms with Crippen molar-refractivity contribution in [2.75, 3.05) is 5.32 Å². The monoisotopic (exact) mass is 336 g/mol. The van der Waals surface area contributed by atoms with Gasteiger partial charge in [0.1, 0.15) is 0 Å². The predicted octanol–water partition coefficient (Wildman–Crippen LogP) is 4.67. The summed E-state index contributed by atoms with van der Waals surface area (Å²) in [6.45, 7) is 3.79. The fraction of sp³-hybridized carbons (Fsp3) is 0.235. The molecule has 0 fully saturated rings. The minimum atomic E-state index is -0.370. The third-order valence-corrected chi connectivity index (χ3v) is 3.94. The molecule has 0 aliphatic rings. The molecule has 0 saturated carbocycles. The van der Waals surface area contributed by atoms with E-state index in [1.165, 1.54) is 0 Å². The lowest BCUT2D eigenvalue weighted by molar-refractivity contribution is -0.117. The van der Waals surface area contributed by atoms with E-state index in [-0.39, 0.29) is 18.0 Å². The molecule has 3 nitrogen and oxygen atoms in total. The zero-order chi connectivity index (χ0) is 16.1. The Morgan fingerprint density at radius 3 is 2.45 bits per heavy atom. The van der Waals surface area contributed by atoms with Crippen LogP contribution in [0.1, 0.15) is 25.5 Å². The Morgan fingerprint density at radius 2 is 1.77 bits per heavy atom. The summed E-state index contributed by atoms with van der Waals surface area (Å²) in [6, 6.07) is 14.3. The highest BCUT2D eigenvalue weighted by Gasteiger charge is 2.17. The van der Waals surface area contributed by atoms with Gasteiger partial charge < -0.3 is 5.32 Å². The maximum Gasteiger partial charge on any atom is 0.241 e. The molecule has 0 aromatic heterocycles. The van der Waals surface area contributed by atoms with E-state index >= 15 is 0 Å². The van der Waals surface area contributed by atoms with E-state index in [0.717, 1.165) is 5.56 Å². The molecule has 2 rings (SSSR count). The van der Waals surface area contributed by atoms with Crippen molar-refractivity contribution in [2.45, 2.75) is 25.9 Å². The van der Waals surface area contributed by atoms with Gasteiger partial charge in [-0.2, -0.15) is 0 Å². The zero-order valence-corrected chi connectivity index (χ0v) is 13.9. The molecule has 0 aliphatic carbocycles. The van der Waals surface area contributed by atoms with Crippen molar-refractivity contribution in [1.82, 2.24) is 5.32 Å². The second-order valence-corrected chi connectivity index (χ2v) is 5.97. The van der Waals surface area contributed by atoms with Crippen LogP contribution in [0.15, 0.2) is 48.5 Å². The smallest absolute Gasteiger partial charge is 0.241 e. The molecule has 0 saturated heterocycles. The van der Waals surface area contributed by atoms with Gasteiger partial charge in [-0.1, -0.05) is 47.5 Å². The van der Waals surface area contributed by atoms with E-state index in [4.69, 9.17) is 23.2 Å².